The molecule has 0 N–H and O–H groups in total. The molecule has 0 saturated heterocycles. The zero-order valence-corrected chi connectivity index (χ0v) is 18.5. The topological polar surface area (TPSA) is 26.3 Å². The van der Waals surface area contributed by atoms with Gasteiger partial charge in [-0.25, -0.2) is 0 Å². The summed E-state index contributed by atoms with van der Waals surface area (Å²) in [5, 5.41) is 0. The van der Waals surface area contributed by atoms with Crippen LogP contribution in [-0.2, 0) is 9.53 Å². The van der Waals surface area contributed by atoms with Gasteiger partial charge in [0.05, 0.1) is 7.11 Å². The average Bonchev–Trinajstić information content (AvgIpc) is 2.50. The summed E-state index contributed by atoms with van der Waals surface area (Å²) in [6.45, 7) is 2.27. The molecule has 0 unspecified atom stereocenters. The van der Waals surface area contributed by atoms with E-state index in [4.69, 9.17) is 0 Å². The number of ether oxygens (including phenoxy) is 1. The molecule has 0 aliphatic heterocycles. The summed E-state index contributed by atoms with van der Waals surface area (Å²) < 4.78 is 4.62. The normalized spacial score (nSPS) is 10.6. The van der Waals surface area contributed by atoms with Gasteiger partial charge in [0.25, 0.3) is 0 Å². The van der Waals surface area contributed by atoms with Gasteiger partial charge in [0.1, 0.15) is 0 Å². The molecule has 0 saturated carbocycles. The van der Waals surface area contributed by atoms with Crippen molar-refractivity contribution in [2.45, 2.75) is 96.8 Å². The molecule has 0 spiro atoms. The van der Waals surface area contributed by atoms with Crippen LogP contribution in [0.5, 0.6) is 0 Å². The largest absolute Gasteiger partial charge is 1.00 e. The molecule has 0 radical (unpaired) electrons. The van der Waals surface area contributed by atoms with Gasteiger partial charge in [-0.2, -0.15) is 0 Å². The maximum Gasteiger partial charge on any atom is 1.00 e. The van der Waals surface area contributed by atoms with E-state index in [0.29, 0.717) is 6.42 Å². The first-order valence-electron chi connectivity index (χ1n) is 9.03. The van der Waals surface area contributed by atoms with E-state index < -0.39 is 0 Å². The summed E-state index contributed by atoms with van der Waals surface area (Å²) in [6.07, 6.45) is 22.0. The average molecular weight is 337 g/mol. The van der Waals surface area contributed by atoms with Crippen molar-refractivity contribution in [2.75, 3.05) is 7.11 Å². The monoisotopic (exact) mass is 336 g/mol. The summed E-state index contributed by atoms with van der Waals surface area (Å²) in [7, 11) is 1.46. The van der Waals surface area contributed by atoms with Gasteiger partial charge in [0.2, 0.25) is 0 Å². The second-order valence-electron chi connectivity index (χ2n) is 5.91. The summed E-state index contributed by atoms with van der Waals surface area (Å²) in [6, 6.07) is 0. The predicted molar refractivity (Wildman–Crippen MR) is 92.6 cm³/mol. The first-order valence-corrected chi connectivity index (χ1v) is 9.03. The summed E-state index contributed by atoms with van der Waals surface area (Å²) in [5.41, 5.74) is 0. The van der Waals surface area contributed by atoms with Crippen LogP contribution in [-0.4, -0.2) is 13.1 Å². The van der Waals surface area contributed by atoms with Gasteiger partial charge in [0.15, 0.2) is 0 Å². The Morgan fingerprint density at radius 1 is 0.818 bits per heavy atom. The molecule has 0 aliphatic carbocycles. The number of methoxy groups -OCH3 is 1. The Morgan fingerprint density at radius 2 is 1.27 bits per heavy atom. The van der Waals surface area contributed by atoms with Crippen LogP contribution in [0.3, 0.4) is 0 Å². The van der Waals surface area contributed by atoms with E-state index in [-0.39, 0.29) is 58.8 Å². The van der Waals surface area contributed by atoms with Crippen LogP contribution in [0.1, 0.15) is 98.2 Å². The quantitative estimate of drug-likeness (QED) is 0.198. The number of hydrogen-bond donors (Lipinski definition) is 0. The predicted octanol–water partition coefficient (Wildman–Crippen LogP) is 3.31. The minimum absolute atomic E-state index is 0. The van der Waals surface area contributed by atoms with E-state index in [2.05, 4.69) is 23.8 Å². The van der Waals surface area contributed by atoms with Gasteiger partial charge in [-0.05, 0) is 32.1 Å². The molecule has 126 valence electrons. The third kappa shape index (κ3) is 20.8. The Balaban J connectivity index is -0.00000200. The molecule has 3 heteroatoms. The van der Waals surface area contributed by atoms with E-state index in [9.17, 15) is 4.79 Å². The molecule has 2 nitrogen and oxygen atoms in total. The molecule has 0 rings (SSSR count). The number of carbonyl (C=O) groups excluding carboxylic acids is 1. The molecule has 0 aromatic rings. The van der Waals surface area contributed by atoms with E-state index in [1.54, 1.807) is 0 Å². The molecular weight excluding hydrogens is 299 g/mol. The second-order valence-corrected chi connectivity index (χ2v) is 5.91. The van der Waals surface area contributed by atoms with Crippen LogP contribution >= 0.6 is 0 Å². The van der Waals surface area contributed by atoms with Crippen molar-refractivity contribution in [1.82, 2.24) is 0 Å². The Kier molecular flexibility index (Phi) is 24.9. The number of rotatable bonds is 15. The fourth-order valence-electron chi connectivity index (χ4n) is 2.44. The van der Waals surface area contributed by atoms with Crippen molar-refractivity contribution in [3.05, 3.63) is 12.2 Å². The van der Waals surface area contributed by atoms with E-state index in [0.717, 1.165) is 12.8 Å². The summed E-state index contributed by atoms with van der Waals surface area (Å²) in [4.78, 5) is 10.9. The van der Waals surface area contributed by atoms with Gasteiger partial charge >= 0.3 is 57.4 Å². The zero-order chi connectivity index (χ0) is 15.6. The maximum absolute atomic E-state index is 10.9. The van der Waals surface area contributed by atoms with Gasteiger partial charge in [0, 0.05) is 6.42 Å². The van der Waals surface area contributed by atoms with Crippen molar-refractivity contribution >= 4 is 5.97 Å². The van der Waals surface area contributed by atoms with Crippen molar-refractivity contribution < 1.29 is 62.3 Å². The van der Waals surface area contributed by atoms with Gasteiger partial charge in [-0.15, -0.1) is 0 Å². The first-order chi connectivity index (χ1) is 10.3. The zero-order valence-electron chi connectivity index (χ0n) is 16.4. The Morgan fingerprint density at radius 3 is 1.77 bits per heavy atom. The smallest absolute Gasteiger partial charge is 1.00 e. The van der Waals surface area contributed by atoms with Crippen LogP contribution in [0, 0.1) is 0 Å². The maximum atomic E-state index is 10.9. The number of carbonyl (C=O) groups is 1. The number of hydrogen-bond acceptors (Lipinski definition) is 2. The molecule has 0 aromatic carbocycles. The molecule has 0 bridgehead atoms. The van der Waals surface area contributed by atoms with E-state index in [1.807, 2.05) is 0 Å². The SMILES string of the molecule is CCCCCCCC/C=C\CCCCCCCC(=O)OC.[H-].[K+]. The summed E-state index contributed by atoms with van der Waals surface area (Å²) >= 11 is 0. The van der Waals surface area contributed by atoms with Crippen molar-refractivity contribution in [1.29, 1.82) is 0 Å². The summed E-state index contributed by atoms with van der Waals surface area (Å²) in [5.74, 6) is -0.0763. The third-order valence-corrected chi connectivity index (χ3v) is 3.87. The van der Waals surface area contributed by atoms with Crippen molar-refractivity contribution in [2.24, 2.45) is 0 Å². The first kappa shape index (κ1) is 25.1. The number of unbranched alkanes of at least 4 members (excludes halogenated alkanes) is 11. The Hall–Kier alpha value is 0.846. The molecule has 0 atom stereocenters. The standard InChI is InChI=1S/C19H36O2.K.H/c1-3-4-5-6-7-8-9-10-11-12-13-14-15-16-17-18-19(20)21-2;;/h10-11H,3-9,12-18H2,1-2H3;;/q;+1;-1/b11-10-;;. The fourth-order valence-corrected chi connectivity index (χ4v) is 2.44. The van der Waals surface area contributed by atoms with Gasteiger partial charge in [-0.1, -0.05) is 70.4 Å². The van der Waals surface area contributed by atoms with E-state index in [1.165, 1.54) is 77.7 Å². The minimum atomic E-state index is -0.0763. The van der Waals surface area contributed by atoms with Crippen LogP contribution in [0.25, 0.3) is 0 Å². The molecule has 22 heavy (non-hydrogen) atoms. The van der Waals surface area contributed by atoms with Crippen LogP contribution in [0.2, 0.25) is 0 Å². The van der Waals surface area contributed by atoms with Crippen LogP contribution < -0.4 is 51.4 Å². The van der Waals surface area contributed by atoms with E-state index >= 15 is 0 Å². The van der Waals surface area contributed by atoms with Gasteiger partial charge in [-0.3, -0.25) is 4.79 Å². The molecule has 0 aliphatic rings. The molecule has 0 heterocycles. The third-order valence-electron chi connectivity index (χ3n) is 3.87. The van der Waals surface area contributed by atoms with Crippen molar-refractivity contribution in [3.63, 3.8) is 0 Å². The van der Waals surface area contributed by atoms with Gasteiger partial charge < -0.3 is 6.16 Å². The van der Waals surface area contributed by atoms with Crippen LogP contribution in [0.4, 0.5) is 0 Å². The number of allylic oxidation sites excluding steroid dienone is 2. The molecular formula is C19H37KO2. The molecule has 0 fully saturated rings. The Labute approximate surface area is 182 Å². The fraction of sp³-hybridized carbons (Fsp3) is 0.842. The van der Waals surface area contributed by atoms with Crippen LogP contribution in [0.15, 0.2) is 12.2 Å². The number of esters is 1. The second kappa shape index (κ2) is 21.8. The molecule has 0 amide bonds. The molecule has 0 aromatic heterocycles. The van der Waals surface area contributed by atoms with Crippen molar-refractivity contribution in [3.8, 4) is 0 Å². The Bertz CT molecular complexity index is 258. The minimum Gasteiger partial charge on any atom is -1.00 e.